The van der Waals surface area contributed by atoms with Gasteiger partial charge in [0.25, 0.3) is 0 Å². The van der Waals surface area contributed by atoms with E-state index in [9.17, 15) is 9.90 Å². The molecule has 8 rings (SSSR count). The van der Waals surface area contributed by atoms with Crippen LogP contribution in [0.2, 0.25) is 0 Å². The van der Waals surface area contributed by atoms with Crippen molar-refractivity contribution in [3.8, 4) is 22.7 Å². The molecule has 0 unspecified atom stereocenters. The molecule has 0 spiro atoms. The summed E-state index contributed by atoms with van der Waals surface area (Å²) < 4.78 is 9.08. The van der Waals surface area contributed by atoms with Gasteiger partial charge in [-0.3, -0.25) is 0 Å². The molecule has 0 aliphatic carbocycles. The molecule has 0 amide bonds. The number of benzene rings is 5. The number of halogens is 1. The van der Waals surface area contributed by atoms with Crippen LogP contribution in [0, 0.1) is 0 Å². The second kappa shape index (κ2) is 14.5. The summed E-state index contributed by atoms with van der Waals surface area (Å²) >= 11 is 3.85. The number of carboxylic acid groups (broad SMARTS) is 1. The van der Waals surface area contributed by atoms with Gasteiger partial charge in [-0.15, -0.1) is 15.0 Å². The molecular weight excluding hydrogens is 728 g/mol. The quantitative estimate of drug-likeness (QED) is 0.123. The lowest BCUT2D eigenvalue weighted by Gasteiger charge is -2.34. The van der Waals surface area contributed by atoms with Crippen LogP contribution in [-0.4, -0.2) is 40.8 Å². The molecule has 3 heterocycles. The van der Waals surface area contributed by atoms with E-state index in [4.69, 9.17) is 19.8 Å². The van der Waals surface area contributed by atoms with Crippen molar-refractivity contribution >= 4 is 32.9 Å². The number of nitrogens with zero attached hydrogens (tertiary/aromatic N) is 6. The van der Waals surface area contributed by atoms with Crippen molar-refractivity contribution in [1.29, 1.82) is 0 Å². The van der Waals surface area contributed by atoms with Crippen molar-refractivity contribution in [2.24, 2.45) is 0 Å². The third kappa shape index (κ3) is 6.14. The highest BCUT2D eigenvalue weighted by atomic mass is 79.9. The number of aryl methyl sites for hydroxylation is 1. The number of furan rings is 1. The van der Waals surface area contributed by atoms with E-state index in [1.165, 1.54) is 6.20 Å². The molecule has 0 aliphatic heterocycles. The van der Waals surface area contributed by atoms with Gasteiger partial charge in [-0.1, -0.05) is 135 Å². The molecule has 0 radical (unpaired) electrons. The smallest absolute Gasteiger partial charge is 0.354 e. The molecule has 10 heteroatoms. The first-order valence-electron chi connectivity index (χ1n) is 17.5. The SMILES string of the molecule is CCCCc1ncc(C(=O)O)n1Cc1ccc2oc(-c3ccccc3-c3nnn(C(c4ccccc4)(c4ccccc4)c4ccccc4)n3)c(Br)c2c1. The molecule has 0 saturated heterocycles. The predicted octanol–water partition coefficient (Wildman–Crippen LogP) is 9.64. The van der Waals surface area contributed by atoms with E-state index in [1.807, 2.05) is 97.1 Å². The summed E-state index contributed by atoms with van der Waals surface area (Å²) in [4.78, 5) is 18.2. The second-order valence-corrected chi connectivity index (χ2v) is 13.7. The number of hydrogen-bond donors (Lipinski definition) is 1. The lowest BCUT2D eigenvalue weighted by Crippen LogP contribution is -2.39. The van der Waals surface area contributed by atoms with Gasteiger partial charge < -0.3 is 14.1 Å². The maximum Gasteiger partial charge on any atom is 0.354 e. The molecule has 0 saturated carbocycles. The highest BCUT2D eigenvalue weighted by Crippen LogP contribution is 2.43. The minimum Gasteiger partial charge on any atom is -0.477 e. The van der Waals surface area contributed by atoms with E-state index in [0.29, 0.717) is 30.1 Å². The van der Waals surface area contributed by atoms with Gasteiger partial charge >= 0.3 is 5.97 Å². The lowest BCUT2D eigenvalue weighted by molar-refractivity contribution is 0.0685. The summed E-state index contributed by atoms with van der Waals surface area (Å²) in [6, 6.07) is 44.5. The van der Waals surface area contributed by atoms with Crippen molar-refractivity contribution in [2.75, 3.05) is 0 Å². The summed E-state index contributed by atoms with van der Waals surface area (Å²) in [5.41, 5.74) is 5.42. The summed E-state index contributed by atoms with van der Waals surface area (Å²) in [6.45, 7) is 2.48. The number of unbranched alkanes of at least 4 members (excludes halogenated alkanes) is 1. The van der Waals surface area contributed by atoms with Crippen molar-refractivity contribution in [2.45, 2.75) is 38.3 Å². The van der Waals surface area contributed by atoms with Crippen molar-refractivity contribution in [1.82, 2.24) is 29.8 Å². The van der Waals surface area contributed by atoms with Gasteiger partial charge in [0.1, 0.15) is 22.9 Å². The number of carbonyl (C=O) groups is 1. The van der Waals surface area contributed by atoms with Crippen molar-refractivity contribution < 1.29 is 14.3 Å². The van der Waals surface area contributed by atoms with E-state index in [1.54, 1.807) is 9.36 Å². The third-order valence-corrected chi connectivity index (χ3v) is 10.4. The molecule has 262 valence electrons. The maximum absolute atomic E-state index is 12.0. The van der Waals surface area contributed by atoms with Crippen LogP contribution < -0.4 is 0 Å². The van der Waals surface area contributed by atoms with Gasteiger partial charge in [0.2, 0.25) is 5.82 Å². The standard InChI is InChI=1S/C43H35BrN6O3/c1-2-3-23-38-45-27-36(42(51)52)49(38)28-29-24-25-37-35(26-29)39(44)40(53-37)33-21-13-14-22-34(33)41-46-48-50(47-41)43(30-15-7-4-8-16-30,31-17-9-5-10-18-31)32-19-11-6-12-20-32/h4-22,24-27H,2-3,23,28H2,1H3,(H,51,52). The first kappa shape index (κ1) is 34.0. The van der Waals surface area contributed by atoms with E-state index in [0.717, 1.165) is 61.9 Å². The fourth-order valence-electron chi connectivity index (χ4n) is 7.09. The number of aromatic nitrogens is 6. The summed E-state index contributed by atoms with van der Waals surface area (Å²) in [5.74, 6) is 0.842. The van der Waals surface area contributed by atoms with Crippen LogP contribution in [0.3, 0.4) is 0 Å². The van der Waals surface area contributed by atoms with Gasteiger partial charge in [-0.05, 0) is 62.0 Å². The van der Waals surface area contributed by atoms with Crippen LogP contribution in [0.5, 0.6) is 0 Å². The Labute approximate surface area is 314 Å². The van der Waals surface area contributed by atoms with Crippen LogP contribution in [0.15, 0.2) is 149 Å². The Bertz CT molecular complexity index is 2430. The van der Waals surface area contributed by atoms with E-state index in [2.05, 4.69) is 64.2 Å². The summed E-state index contributed by atoms with van der Waals surface area (Å²) in [7, 11) is 0. The van der Waals surface area contributed by atoms with Crippen molar-refractivity contribution in [3.05, 3.63) is 178 Å². The van der Waals surface area contributed by atoms with Gasteiger partial charge in [-0.25, -0.2) is 9.78 Å². The van der Waals surface area contributed by atoms with Crippen molar-refractivity contribution in [3.63, 3.8) is 0 Å². The highest BCUT2D eigenvalue weighted by molar-refractivity contribution is 9.10. The Kier molecular flexibility index (Phi) is 9.28. The number of rotatable bonds is 12. The molecular formula is C43H35BrN6O3. The van der Waals surface area contributed by atoms with Crippen LogP contribution in [0.1, 0.15) is 58.3 Å². The van der Waals surface area contributed by atoms with Gasteiger partial charge in [0, 0.05) is 29.5 Å². The largest absolute Gasteiger partial charge is 0.477 e. The minimum absolute atomic E-state index is 0.174. The van der Waals surface area contributed by atoms with Gasteiger partial charge in [0.05, 0.1) is 10.7 Å². The fourth-order valence-corrected chi connectivity index (χ4v) is 7.69. The van der Waals surface area contributed by atoms with Gasteiger partial charge in [0.15, 0.2) is 5.54 Å². The zero-order chi connectivity index (χ0) is 36.4. The first-order chi connectivity index (χ1) is 26.0. The number of aromatic carboxylic acids is 1. The Hall–Kier alpha value is -6.13. The molecule has 5 aromatic carbocycles. The van der Waals surface area contributed by atoms with Crippen LogP contribution in [0.25, 0.3) is 33.7 Å². The average molecular weight is 764 g/mol. The monoisotopic (exact) mass is 762 g/mol. The molecule has 8 aromatic rings. The molecule has 3 aromatic heterocycles. The minimum atomic E-state index is -0.996. The predicted molar refractivity (Wildman–Crippen MR) is 208 cm³/mol. The molecule has 0 aliphatic rings. The molecule has 1 N–H and O–H groups in total. The third-order valence-electron chi connectivity index (χ3n) is 9.64. The number of fused-ring (bicyclic) bond motifs is 1. The van der Waals surface area contributed by atoms with E-state index in [-0.39, 0.29) is 5.69 Å². The number of hydrogen-bond acceptors (Lipinski definition) is 6. The molecule has 0 fully saturated rings. The summed E-state index contributed by atoms with van der Waals surface area (Å²) in [5, 5.41) is 25.3. The molecule has 0 atom stereocenters. The second-order valence-electron chi connectivity index (χ2n) is 12.9. The average Bonchev–Trinajstić information content (AvgIpc) is 3.94. The lowest BCUT2D eigenvalue weighted by atomic mass is 9.77. The van der Waals surface area contributed by atoms with Crippen LogP contribution >= 0.6 is 15.9 Å². The van der Waals surface area contributed by atoms with Crippen LogP contribution in [-0.2, 0) is 18.5 Å². The Morgan fingerprint density at radius 3 is 2.02 bits per heavy atom. The van der Waals surface area contributed by atoms with Gasteiger partial charge in [-0.2, -0.15) is 0 Å². The van der Waals surface area contributed by atoms with E-state index < -0.39 is 11.5 Å². The Morgan fingerprint density at radius 2 is 1.42 bits per heavy atom. The first-order valence-corrected chi connectivity index (χ1v) is 18.3. The summed E-state index contributed by atoms with van der Waals surface area (Å²) in [6.07, 6.45) is 4.08. The van der Waals surface area contributed by atoms with Crippen LogP contribution in [0.4, 0.5) is 0 Å². The van der Waals surface area contributed by atoms with E-state index >= 15 is 0 Å². The highest BCUT2D eigenvalue weighted by Gasteiger charge is 2.41. The molecule has 0 bridgehead atoms. The maximum atomic E-state index is 12.0. The zero-order valence-electron chi connectivity index (χ0n) is 28.9. The Balaban J connectivity index is 1.22. The molecule has 9 nitrogen and oxygen atoms in total. The zero-order valence-corrected chi connectivity index (χ0v) is 30.5. The Morgan fingerprint density at radius 1 is 0.811 bits per heavy atom. The number of tetrazole rings is 1. The number of imidazole rings is 1. The molecule has 53 heavy (non-hydrogen) atoms. The number of carboxylic acids is 1. The topological polar surface area (TPSA) is 112 Å². The fraction of sp³-hybridized carbons (Fsp3) is 0.140. The normalized spacial score (nSPS) is 11.7.